The van der Waals surface area contributed by atoms with Gasteiger partial charge in [0.1, 0.15) is 5.75 Å². The van der Waals surface area contributed by atoms with Gasteiger partial charge in [0.15, 0.2) is 6.10 Å². The summed E-state index contributed by atoms with van der Waals surface area (Å²) in [4.78, 5) is 26.3. The van der Waals surface area contributed by atoms with Crippen LogP contribution in [0, 0.1) is 6.92 Å². The number of carbonyl (C=O) groups is 2. The fraction of sp³-hybridized carbons (Fsp3) is 0.263. The van der Waals surface area contributed by atoms with Crippen LogP contribution in [0.4, 0.5) is 11.4 Å². The van der Waals surface area contributed by atoms with E-state index in [0.29, 0.717) is 12.3 Å². The molecule has 0 aliphatic carbocycles. The maximum Gasteiger partial charge on any atom is 0.262 e. The van der Waals surface area contributed by atoms with Crippen molar-refractivity contribution >= 4 is 23.2 Å². The third-order valence-corrected chi connectivity index (χ3v) is 4.07. The molecule has 1 atom stereocenters. The molecule has 130 valence electrons. The summed E-state index contributed by atoms with van der Waals surface area (Å²) in [5.74, 6) is 0.250. The molecule has 1 aliphatic rings. The van der Waals surface area contributed by atoms with Crippen LogP contribution in [0.2, 0.25) is 0 Å². The number of anilines is 2. The smallest absolute Gasteiger partial charge is 0.262 e. The first-order chi connectivity index (χ1) is 12.1. The van der Waals surface area contributed by atoms with E-state index in [1.807, 2.05) is 54.3 Å². The Bertz CT molecular complexity index is 774. The normalized spacial score (nSPS) is 15.8. The van der Waals surface area contributed by atoms with Gasteiger partial charge in [-0.1, -0.05) is 29.8 Å². The number of benzene rings is 2. The first kappa shape index (κ1) is 16.8. The van der Waals surface area contributed by atoms with Crippen molar-refractivity contribution in [1.29, 1.82) is 0 Å². The highest BCUT2D eigenvalue weighted by Gasteiger charge is 2.30. The molecule has 0 radical (unpaired) electrons. The molecule has 6 heteroatoms. The second kappa shape index (κ2) is 7.25. The Hall–Kier alpha value is -3.02. The van der Waals surface area contributed by atoms with Gasteiger partial charge in [0.2, 0.25) is 5.91 Å². The van der Waals surface area contributed by atoms with E-state index < -0.39 is 6.10 Å². The average molecular weight is 339 g/mol. The molecular weight excluding hydrogens is 318 g/mol. The van der Waals surface area contributed by atoms with Crippen molar-refractivity contribution in [2.24, 2.45) is 0 Å². The molecule has 2 N–H and O–H groups in total. The monoisotopic (exact) mass is 339 g/mol. The van der Waals surface area contributed by atoms with Crippen molar-refractivity contribution in [2.75, 3.05) is 30.4 Å². The van der Waals surface area contributed by atoms with Crippen LogP contribution in [-0.2, 0) is 9.59 Å². The minimum atomic E-state index is -0.646. The van der Waals surface area contributed by atoms with Crippen molar-refractivity contribution in [3.8, 4) is 5.75 Å². The summed E-state index contributed by atoms with van der Waals surface area (Å²) in [6.45, 7) is 2.45. The predicted octanol–water partition coefficient (Wildman–Crippen LogP) is 1.95. The number of hydrogen-bond acceptors (Lipinski definition) is 4. The zero-order chi connectivity index (χ0) is 17.8. The van der Waals surface area contributed by atoms with E-state index in [2.05, 4.69) is 10.6 Å². The zero-order valence-electron chi connectivity index (χ0n) is 14.3. The molecule has 1 heterocycles. The van der Waals surface area contributed by atoms with E-state index >= 15 is 0 Å². The highest BCUT2D eigenvalue weighted by molar-refractivity contribution is 5.95. The minimum Gasteiger partial charge on any atom is -0.477 e. The summed E-state index contributed by atoms with van der Waals surface area (Å²) in [7, 11) is 1.57. The molecule has 0 spiro atoms. The topological polar surface area (TPSA) is 70.7 Å². The molecule has 0 aromatic heterocycles. The predicted molar refractivity (Wildman–Crippen MR) is 96.9 cm³/mol. The second-order valence-corrected chi connectivity index (χ2v) is 5.98. The number of aryl methyl sites for hydroxylation is 1. The van der Waals surface area contributed by atoms with Crippen LogP contribution in [0.15, 0.2) is 48.5 Å². The van der Waals surface area contributed by atoms with Crippen molar-refractivity contribution < 1.29 is 14.3 Å². The third-order valence-electron chi connectivity index (χ3n) is 4.07. The van der Waals surface area contributed by atoms with E-state index in [1.165, 1.54) is 0 Å². The number of ether oxygens (including phenoxy) is 1. The maximum absolute atomic E-state index is 12.4. The number of para-hydroxylation sites is 2. The summed E-state index contributed by atoms with van der Waals surface area (Å²) in [5, 5.41) is 5.48. The Labute approximate surface area is 146 Å². The highest BCUT2D eigenvalue weighted by Crippen LogP contribution is 2.32. The van der Waals surface area contributed by atoms with Gasteiger partial charge in [-0.2, -0.15) is 0 Å². The van der Waals surface area contributed by atoms with Crippen LogP contribution >= 0.6 is 0 Å². The maximum atomic E-state index is 12.4. The van der Waals surface area contributed by atoms with Crippen molar-refractivity contribution in [3.63, 3.8) is 0 Å². The van der Waals surface area contributed by atoms with Crippen LogP contribution in [0.25, 0.3) is 0 Å². The molecular formula is C19H21N3O3. The van der Waals surface area contributed by atoms with Gasteiger partial charge in [0.25, 0.3) is 5.91 Å². The number of rotatable bonds is 4. The number of fused-ring (bicyclic) bond motifs is 1. The highest BCUT2D eigenvalue weighted by atomic mass is 16.5. The lowest BCUT2D eigenvalue weighted by Gasteiger charge is -2.34. The standard InChI is InChI=1S/C19H21N3O3/c1-13-7-9-14(10-8-13)21-18(23)12-22-11-17(19(24)20-2)25-16-6-4-3-5-15(16)22/h3-10,17H,11-12H2,1-2H3,(H,20,24)(H,21,23)/t17-/m1/s1. The number of hydrogen-bond donors (Lipinski definition) is 2. The lowest BCUT2D eigenvalue weighted by molar-refractivity contribution is -0.127. The van der Waals surface area contributed by atoms with Crippen LogP contribution in [0.1, 0.15) is 5.56 Å². The lowest BCUT2D eigenvalue weighted by atomic mass is 10.1. The summed E-state index contributed by atoms with van der Waals surface area (Å²) in [6.07, 6.45) is -0.646. The molecule has 2 aromatic rings. The zero-order valence-corrected chi connectivity index (χ0v) is 14.3. The Kier molecular flexibility index (Phi) is 4.88. The molecule has 1 aliphatic heterocycles. The molecule has 3 rings (SSSR count). The van der Waals surface area contributed by atoms with E-state index in [1.54, 1.807) is 13.1 Å². The Balaban J connectivity index is 1.74. The summed E-state index contributed by atoms with van der Waals surface area (Å²) in [5.41, 5.74) is 2.69. The van der Waals surface area contributed by atoms with Crippen LogP contribution < -0.4 is 20.3 Å². The number of nitrogens with one attached hydrogen (secondary N) is 2. The minimum absolute atomic E-state index is 0.141. The van der Waals surface area contributed by atoms with Crippen LogP contribution in [0.3, 0.4) is 0 Å². The van der Waals surface area contributed by atoms with Gasteiger partial charge in [-0.3, -0.25) is 9.59 Å². The second-order valence-electron chi connectivity index (χ2n) is 5.98. The van der Waals surface area contributed by atoms with Gasteiger partial charge in [-0.25, -0.2) is 0 Å². The quantitative estimate of drug-likeness (QED) is 0.893. The van der Waals surface area contributed by atoms with E-state index in [0.717, 1.165) is 16.9 Å². The van der Waals surface area contributed by atoms with Gasteiger partial charge in [-0.15, -0.1) is 0 Å². The SMILES string of the molecule is CNC(=O)[C@H]1CN(CC(=O)Nc2ccc(C)cc2)c2ccccc2O1. The first-order valence-electron chi connectivity index (χ1n) is 8.15. The van der Waals surface area contributed by atoms with Crippen molar-refractivity contribution in [3.05, 3.63) is 54.1 Å². The molecule has 0 unspecified atom stereocenters. The van der Waals surface area contributed by atoms with Gasteiger partial charge in [0.05, 0.1) is 18.8 Å². The number of carbonyl (C=O) groups excluding carboxylic acids is 2. The molecule has 2 aromatic carbocycles. The number of amides is 2. The van der Waals surface area contributed by atoms with Gasteiger partial charge >= 0.3 is 0 Å². The fourth-order valence-electron chi connectivity index (χ4n) is 2.77. The first-order valence-corrected chi connectivity index (χ1v) is 8.15. The van der Waals surface area contributed by atoms with Gasteiger partial charge in [-0.05, 0) is 31.2 Å². The Morgan fingerprint density at radius 3 is 2.60 bits per heavy atom. The Morgan fingerprint density at radius 2 is 1.88 bits per heavy atom. The number of nitrogens with zero attached hydrogens (tertiary/aromatic N) is 1. The molecule has 25 heavy (non-hydrogen) atoms. The van der Waals surface area contributed by atoms with Crippen LogP contribution in [-0.4, -0.2) is 38.1 Å². The Morgan fingerprint density at radius 1 is 1.16 bits per heavy atom. The van der Waals surface area contributed by atoms with Crippen molar-refractivity contribution in [2.45, 2.75) is 13.0 Å². The average Bonchev–Trinajstić information content (AvgIpc) is 2.62. The van der Waals surface area contributed by atoms with Gasteiger partial charge in [0, 0.05) is 12.7 Å². The van der Waals surface area contributed by atoms with Crippen molar-refractivity contribution in [1.82, 2.24) is 5.32 Å². The van der Waals surface area contributed by atoms with E-state index in [9.17, 15) is 9.59 Å². The lowest BCUT2D eigenvalue weighted by Crippen LogP contribution is -2.50. The van der Waals surface area contributed by atoms with Gasteiger partial charge < -0.3 is 20.3 Å². The summed E-state index contributed by atoms with van der Waals surface area (Å²) < 4.78 is 5.74. The molecule has 0 saturated carbocycles. The molecule has 6 nitrogen and oxygen atoms in total. The summed E-state index contributed by atoms with van der Waals surface area (Å²) in [6, 6.07) is 15.0. The molecule has 0 bridgehead atoms. The fourth-order valence-corrected chi connectivity index (χ4v) is 2.77. The molecule has 0 fully saturated rings. The van der Waals surface area contributed by atoms with Crippen LogP contribution in [0.5, 0.6) is 5.75 Å². The summed E-state index contributed by atoms with van der Waals surface area (Å²) >= 11 is 0. The van der Waals surface area contributed by atoms with E-state index in [4.69, 9.17) is 4.74 Å². The third kappa shape index (κ3) is 3.91. The molecule has 0 saturated heterocycles. The largest absolute Gasteiger partial charge is 0.477 e. The number of likely N-dealkylation sites (N-methyl/N-ethyl adjacent to an activating group) is 1. The molecule has 2 amide bonds. The van der Waals surface area contributed by atoms with E-state index in [-0.39, 0.29) is 18.4 Å².